The number of nitrogens with one attached hydrogen (secondary N) is 1. The van der Waals surface area contributed by atoms with Crippen LogP contribution >= 0.6 is 0 Å². The molecule has 0 unspecified atom stereocenters. The minimum Gasteiger partial charge on any atom is -0.480 e. The zero-order chi connectivity index (χ0) is 11.3. The predicted molar refractivity (Wildman–Crippen MR) is 55.3 cm³/mol. The van der Waals surface area contributed by atoms with E-state index >= 15 is 0 Å². The summed E-state index contributed by atoms with van der Waals surface area (Å²) in [4.78, 5) is 21.6. The summed E-state index contributed by atoms with van der Waals surface area (Å²) in [6.07, 6.45) is 5.24. The van der Waals surface area contributed by atoms with Gasteiger partial charge in [-0.2, -0.15) is 0 Å². The molecule has 0 radical (unpaired) electrons. The molecular formula is C10H18N2O3. The number of hydrogen-bond acceptors (Lipinski definition) is 3. The Morgan fingerprint density at radius 3 is 2.40 bits per heavy atom. The van der Waals surface area contributed by atoms with Crippen LogP contribution in [-0.4, -0.2) is 29.1 Å². The van der Waals surface area contributed by atoms with Crippen molar-refractivity contribution in [2.24, 2.45) is 5.73 Å². The van der Waals surface area contributed by atoms with Crippen LogP contribution in [0.2, 0.25) is 0 Å². The fraction of sp³-hybridized carbons (Fsp3) is 0.800. The molecule has 0 atom stereocenters. The molecule has 0 saturated heterocycles. The van der Waals surface area contributed by atoms with Gasteiger partial charge in [0.05, 0.1) is 0 Å². The molecule has 0 heterocycles. The van der Waals surface area contributed by atoms with E-state index in [-0.39, 0.29) is 18.9 Å². The van der Waals surface area contributed by atoms with E-state index in [2.05, 4.69) is 5.32 Å². The predicted octanol–water partition coefficient (Wildman–Crippen LogP) is 0.239. The van der Waals surface area contributed by atoms with E-state index in [0.717, 1.165) is 25.7 Å². The maximum Gasteiger partial charge on any atom is 0.322 e. The average molecular weight is 214 g/mol. The van der Waals surface area contributed by atoms with Gasteiger partial charge in [0.2, 0.25) is 5.91 Å². The van der Waals surface area contributed by atoms with Crippen molar-refractivity contribution in [2.75, 3.05) is 6.54 Å². The molecule has 86 valence electrons. The highest BCUT2D eigenvalue weighted by Crippen LogP contribution is 2.28. The number of carbonyl (C=O) groups excluding carboxylic acids is 1. The van der Waals surface area contributed by atoms with Gasteiger partial charge < -0.3 is 16.2 Å². The van der Waals surface area contributed by atoms with Crippen molar-refractivity contribution in [3.05, 3.63) is 0 Å². The molecule has 0 bridgehead atoms. The van der Waals surface area contributed by atoms with Crippen molar-refractivity contribution in [1.82, 2.24) is 5.32 Å². The first kappa shape index (κ1) is 12.0. The first-order chi connectivity index (χ1) is 7.02. The van der Waals surface area contributed by atoms with E-state index in [1.165, 1.54) is 6.42 Å². The monoisotopic (exact) mass is 214 g/mol. The highest BCUT2D eigenvalue weighted by molar-refractivity contribution is 5.81. The molecule has 1 aliphatic carbocycles. The van der Waals surface area contributed by atoms with Crippen molar-refractivity contribution in [3.8, 4) is 0 Å². The third-order valence-electron chi connectivity index (χ3n) is 2.80. The third-order valence-corrected chi connectivity index (χ3v) is 2.80. The molecule has 0 aromatic carbocycles. The second kappa shape index (κ2) is 5.11. The lowest BCUT2D eigenvalue weighted by Gasteiger charge is -2.32. The number of aliphatic carboxylic acids is 1. The summed E-state index contributed by atoms with van der Waals surface area (Å²) in [6, 6.07) is 0. The Morgan fingerprint density at radius 1 is 1.27 bits per heavy atom. The summed E-state index contributed by atoms with van der Waals surface area (Å²) in [6.45, 7) is -0.324. The van der Waals surface area contributed by atoms with Gasteiger partial charge >= 0.3 is 5.97 Å². The van der Waals surface area contributed by atoms with Gasteiger partial charge in [-0.3, -0.25) is 9.59 Å². The molecule has 4 N–H and O–H groups in total. The topological polar surface area (TPSA) is 92.4 Å². The Morgan fingerprint density at radius 2 is 1.87 bits per heavy atom. The van der Waals surface area contributed by atoms with E-state index in [4.69, 9.17) is 10.8 Å². The van der Waals surface area contributed by atoms with Crippen LogP contribution in [0.15, 0.2) is 0 Å². The standard InChI is InChI=1S/C10H18N2O3/c11-10(4-2-1-3-5-10)6-8(13)12-7-9(14)15/h1-7,11H2,(H,12,13)(H,14,15). The largest absolute Gasteiger partial charge is 0.480 e. The van der Waals surface area contributed by atoms with E-state index in [0.29, 0.717) is 0 Å². The molecule has 0 aliphatic heterocycles. The Labute approximate surface area is 89.0 Å². The van der Waals surface area contributed by atoms with E-state index < -0.39 is 11.5 Å². The first-order valence-corrected chi connectivity index (χ1v) is 5.29. The Hall–Kier alpha value is -1.10. The highest BCUT2D eigenvalue weighted by Gasteiger charge is 2.29. The number of rotatable bonds is 4. The van der Waals surface area contributed by atoms with Crippen LogP contribution < -0.4 is 11.1 Å². The molecule has 0 aromatic heterocycles. The number of carboxylic acid groups (broad SMARTS) is 1. The van der Waals surface area contributed by atoms with Gasteiger partial charge in [0.25, 0.3) is 0 Å². The lowest BCUT2D eigenvalue weighted by Crippen LogP contribution is -2.46. The zero-order valence-electron chi connectivity index (χ0n) is 8.79. The fourth-order valence-electron chi connectivity index (χ4n) is 1.99. The average Bonchev–Trinajstić information content (AvgIpc) is 2.15. The van der Waals surface area contributed by atoms with E-state index in [1.54, 1.807) is 0 Å². The van der Waals surface area contributed by atoms with Crippen LogP contribution in [0.5, 0.6) is 0 Å². The molecule has 1 saturated carbocycles. The number of carboxylic acids is 1. The van der Waals surface area contributed by atoms with Crippen molar-refractivity contribution in [3.63, 3.8) is 0 Å². The first-order valence-electron chi connectivity index (χ1n) is 5.29. The second-order valence-corrected chi connectivity index (χ2v) is 4.27. The number of carbonyl (C=O) groups is 2. The number of nitrogens with two attached hydrogens (primary N) is 1. The smallest absolute Gasteiger partial charge is 0.322 e. The molecule has 1 rings (SSSR count). The SMILES string of the molecule is NC1(CC(=O)NCC(=O)O)CCCCC1. The van der Waals surface area contributed by atoms with Gasteiger partial charge in [0, 0.05) is 12.0 Å². The van der Waals surface area contributed by atoms with Crippen LogP contribution in [0.25, 0.3) is 0 Å². The summed E-state index contributed by atoms with van der Waals surface area (Å²) in [5.74, 6) is -1.29. The second-order valence-electron chi connectivity index (χ2n) is 4.27. The van der Waals surface area contributed by atoms with Crippen molar-refractivity contribution in [1.29, 1.82) is 0 Å². The van der Waals surface area contributed by atoms with Crippen LogP contribution in [0.3, 0.4) is 0 Å². The molecule has 5 nitrogen and oxygen atoms in total. The summed E-state index contributed by atoms with van der Waals surface area (Å²) in [5, 5.41) is 10.7. The minimum atomic E-state index is -1.03. The minimum absolute atomic E-state index is 0.236. The van der Waals surface area contributed by atoms with E-state index in [9.17, 15) is 9.59 Å². The molecule has 1 amide bonds. The lowest BCUT2D eigenvalue weighted by molar-refractivity contribution is -0.138. The normalized spacial score (nSPS) is 19.5. The lowest BCUT2D eigenvalue weighted by atomic mass is 9.80. The van der Waals surface area contributed by atoms with E-state index in [1.807, 2.05) is 0 Å². The summed E-state index contributed by atoms with van der Waals surface area (Å²) in [7, 11) is 0. The molecule has 1 aliphatic rings. The maximum atomic E-state index is 11.4. The van der Waals surface area contributed by atoms with Crippen molar-refractivity contribution < 1.29 is 14.7 Å². The molecule has 5 heteroatoms. The highest BCUT2D eigenvalue weighted by atomic mass is 16.4. The summed E-state index contributed by atoms with van der Waals surface area (Å²) >= 11 is 0. The summed E-state index contributed by atoms with van der Waals surface area (Å²) in [5.41, 5.74) is 5.64. The fourth-order valence-corrected chi connectivity index (χ4v) is 1.99. The Balaban J connectivity index is 2.32. The maximum absolute atomic E-state index is 11.4. The van der Waals surface area contributed by atoms with Crippen LogP contribution in [-0.2, 0) is 9.59 Å². The molecule has 15 heavy (non-hydrogen) atoms. The van der Waals surface area contributed by atoms with Gasteiger partial charge in [-0.15, -0.1) is 0 Å². The van der Waals surface area contributed by atoms with Gasteiger partial charge in [-0.25, -0.2) is 0 Å². The van der Waals surface area contributed by atoms with Gasteiger partial charge in [-0.1, -0.05) is 19.3 Å². The number of amides is 1. The summed E-state index contributed by atoms with van der Waals surface area (Å²) < 4.78 is 0. The Bertz CT molecular complexity index is 247. The van der Waals surface area contributed by atoms with Gasteiger partial charge in [-0.05, 0) is 12.8 Å². The zero-order valence-corrected chi connectivity index (χ0v) is 8.79. The van der Waals surface area contributed by atoms with Crippen molar-refractivity contribution >= 4 is 11.9 Å². The number of hydrogen-bond donors (Lipinski definition) is 3. The van der Waals surface area contributed by atoms with Crippen LogP contribution in [0, 0.1) is 0 Å². The van der Waals surface area contributed by atoms with Crippen molar-refractivity contribution in [2.45, 2.75) is 44.1 Å². The molecule has 0 aromatic rings. The Kier molecular flexibility index (Phi) is 4.08. The molecule has 1 fully saturated rings. The van der Waals surface area contributed by atoms with Crippen LogP contribution in [0.4, 0.5) is 0 Å². The molecular weight excluding hydrogens is 196 g/mol. The molecule has 0 spiro atoms. The quantitative estimate of drug-likeness (QED) is 0.625. The third kappa shape index (κ3) is 4.29. The van der Waals surface area contributed by atoms with Gasteiger partial charge in [0.15, 0.2) is 0 Å². The van der Waals surface area contributed by atoms with Crippen LogP contribution in [0.1, 0.15) is 38.5 Å². The van der Waals surface area contributed by atoms with Gasteiger partial charge in [0.1, 0.15) is 6.54 Å².